The molecule has 1 saturated carbocycles. The Morgan fingerprint density at radius 2 is 1.97 bits per heavy atom. The summed E-state index contributed by atoms with van der Waals surface area (Å²) >= 11 is 0. The molecule has 0 bridgehead atoms. The maximum absolute atomic E-state index is 13.1. The van der Waals surface area contributed by atoms with E-state index in [2.05, 4.69) is 16.2 Å². The summed E-state index contributed by atoms with van der Waals surface area (Å²) in [7, 11) is 0. The minimum Gasteiger partial charge on any atom is -0.444 e. The molecule has 166 valence electrons. The fourth-order valence-corrected chi connectivity index (χ4v) is 4.37. The Balaban J connectivity index is 1.82. The zero-order chi connectivity index (χ0) is 22.3. The third-order valence-electron chi connectivity index (χ3n) is 5.83. The highest BCUT2D eigenvalue weighted by atomic mass is 16.7. The zero-order valence-corrected chi connectivity index (χ0v) is 18.5. The van der Waals surface area contributed by atoms with Gasteiger partial charge in [0.05, 0.1) is 18.2 Å². The first kappa shape index (κ1) is 23.0. The van der Waals surface area contributed by atoms with Crippen molar-refractivity contribution in [2.75, 3.05) is 13.2 Å². The molecule has 7 heteroatoms. The van der Waals surface area contributed by atoms with Crippen LogP contribution in [0.15, 0.2) is 36.5 Å². The van der Waals surface area contributed by atoms with Crippen LogP contribution in [0.5, 0.6) is 0 Å². The van der Waals surface area contributed by atoms with Gasteiger partial charge in [0.15, 0.2) is 17.6 Å². The third kappa shape index (κ3) is 4.97. The normalized spacial score (nSPS) is 19.9. The number of carbonyl (C=O) groups excluding carboxylic acids is 1. The van der Waals surface area contributed by atoms with Gasteiger partial charge >= 0.3 is 5.97 Å². The van der Waals surface area contributed by atoms with Crippen molar-refractivity contribution in [1.82, 2.24) is 15.0 Å². The molecule has 31 heavy (non-hydrogen) atoms. The van der Waals surface area contributed by atoms with Crippen molar-refractivity contribution in [2.45, 2.75) is 64.4 Å². The molecular weight excluding hydrogens is 394 g/mol. The van der Waals surface area contributed by atoms with E-state index in [1.165, 1.54) is 6.20 Å². The van der Waals surface area contributed by atoms with Gasteiger partial charge < -0.3 is 14.2 Å². The average Bonchev–Trinajstić information content (AvgIpc) is 3.28. The summed E-state index contributed by atoms with van der Waals surface area (Å²) in [6, 6.07) is 9.60. The summed E-state index contributed by atoms with van der Waals surface area (Å²) in [4.78, 5) is 13.1. The van der Waals surface area contributed by atoms with E-state index in [1.807, 2.05) is 51.1 Å². The van der Waals surface area contributed by atoms with Crippen molar-refractivity contribution in [3.05, 3.63) is 47.8 Å². The van der Waals surface area contributed by atoms with Crippen LogP contribution in [0.2, 0.25) is 0 Å². The van der Waals surface area contributed by atoms with Crippen LogP contribution in [-0.4, -0.2) is 46.1 Å². The first-order valence-electron chi connectivity index (χ1n) is 11.0. The molecule has 3 atom stereocenters. The summed E-state index contributed by atoms with van der Waals surface area (Å²) in [5.74, 6) is 1.03. The van der Waals surface area contributed by atoms with Crippen molar-refractivity contribution < 1.29 is 19.0 Å². The van der Waals surface area contributed by atoms with Crippen LogP contribution in [0.1, 0.15) is 68.5 Å². The molecule has 0 aliphatic heterocycles. The van der Waals surface area contributed by atoms with Crippen LogP contribution in [-0.2, 0) is 14.2 Å². The number of aromatic nitrogens is 3. The summed E-state index contributed by atoms with van der Waals surface area (Å²) < 4.78 is 19.5. The SMILES string of the molecule is C#CC(OC(=O)c1cnnn1[C@H](C)c1ccccc1)C1CCCCC1(OCC)OCC. The lowest BCUT2D eigenvalue weighted by molar-refractivity contribution is -0.286. The summed E-state index contributed by atoms with van der Waals surface area (Å²) in [6.07, 6.45) is 9.91. The topological polar surface area (TPSA) is 75.5 Å². The molecule has 0 amide bonds. The van der Waals surface area contributed by atoms with Crippen LogP contribution in [0, 0.1) is 18.3 Å². The fraction of sp³-hybridized carbons (Fsp3) is 0.542. The van der Waals surface area contributed by atoms with Crippen molar-refractivity contribution in [3.8, 4) is 12.3 Å². The van der Waals surface area contributed by atoms with Gasteiger partial charge in [-0.15, -0.1) is 11.5 Å². The third-order valence-corrected chi connectivity index (χ3v) is 5.83. The van der Waals surface area contributed by atoms with E-state index in [-0.39, 0.29) is 17.7 Å². The number of hydrogen-bond donors (Lipinski definition) is 0. The molecule has 3 rings (SSSR count). The maximum atomic E-state index is 13.1. The number of terminal acetylenes is 1. The van der Waals surface area contributed by atoms with E-state index >= 15 is 0 Å². The Morgan fingerprint density at radius 3 is 2.61 bits per heavy atom. The minimum absolute atomic E-state index is 0.184. The largest absolute Gasteiger partial charge is 0.444 e. The van der Waals surface area contributed by atoms with Gasteiger partial charge in [0.2, 0.25) is 0 Å². The van der Waals surface area contributed by atoms with Crippen LogP contribution in [0.4, 0.5) is 0 Å². The molecule has 1 aliphatic rings. The lowest BCUT2D eigenvalue weighted by Gasteiger charge is -2.44. The molecule has 2 unspecified atom stereocenters. The standard InChI is InChI=1S/C24H31N3O4/c1-5-22(20-15-11-12-16-24(20,29-6-2)30-7-3)31-23(28)21-17-25-26-27(21)18(4)19-13-9-8-10-14-19/h1,8-10,13-14,17-18,20,22H,6-7,11-12,15-16H2,2-4H3/t18-,20?,22?/m1/s1. The van der Waals surface area contributed by atoms with Gasteiger partial charge in [-0.25, -0.2) is 9.48 Å². The molecule has 0 radical (unpaired) electrons. The van der Waals surface area contributed by atoms with Crippen LogP contribution in [0.3, 0.4) is 0 Å². The van der Waals surface area contributed by atoms with Crippen molar-refractivity contribution in [1.29, 1.82) is 0 Å². The van der Waals surface area contributed by atoms with Gasteiger partial charge in [0.25, 0.3) is 0 Å². The number of esters is 1. The lowest BCUT2D eigenvalue weighted by atomic mass is 9.79. The van der Waals surface area contributed by atoms with Gasteiger partial charge in [0.1, 0.15) is 0 Å². The van der Waals surface area contributed by atoms with Crippen LogP contribution >= 0.6 is 0 Å². The number of ether oxygens (including phenoxy) is 3. The Hall–Kier alpha value is -2.69. The Kier molecular flexibility index (Phi) is 7.83. The number of rotatable bonds is 9. The molecule has 1 aromatic carbocycles. The zero-order valence-electron chi connectivity index (χ0n) is 18.5. The Morgan fingerprint density at radius 1 is 1.26 bits per heavy atom. The molecule has 1 aromatic heterocycles. The lowest BCUT2D eigenvalue weighted by Crippen LogP contribution is -2.51. The molecule has 1 heterocycles. The summed E-state index contributed by atoms with van der Waals surface area (Å²) in [6.45, 7) is 6.80. The summed E-state index contributed by atoms with van der Waals surface area (Å²) in [5.41, 5.74) is 1.26. The van der Waals surface area contributed by atoms with Crippen molar-refractivity contribution in [3.63, 3.8) is 0 Å². The summed E-state index contributed by atoms with van der Waals surface area (Å²) in [5, 5.41) is 8.05. The number of nitrogens with zero attached hydrogens (tertiary/aromatic N) is 3. The fourth-order valence-electron chi connectivity index (χ4n) is 4.37. The molecule has 0 saturated heterocycles. The highest BCUT2D eigenvalue weighted by Crippen LogP contribution is 2.41. The van der Waals surface area contributed by atoms with E-state index in [4.69, 9.17) is 20.6 Å². The van der Waals surface area contributed by atoms with Crippen molar-refractivity contribution in [2.24, 2.45) is 5.92 Å². The smallest absolute Gasteiger partial charge is 0.359 e. The average molecular weight is 426 g/mol. The number of carbonyl (C=O) groups is 1. The predicted molar refractivity (Wildman–Crippen MR) is 116 cm³/mol. The quantitative estimate of drug-likeness (QED) is 0.343. The first-order valence-corrected chi connectivity index (χ1v) is 11.0. The second kappa shape index (κ2) is 10.6. The first-order chi connectivity index (χ1) is 15.1. The Bertz CT molecular complexity index is 878. The Labute approximate surface area is 184 Å². The van der Waals surface area contributed by atoms with Gasteiger partial charge in [-0.3, -0.25) is 0 Å². The molecule has 1 fully saturated rings. The molecular formula is C24H31N3O4. The molecule has 7 nitrogen and oxygen atoms in total. The molecule has 0 N–H and O–H groups in total. The number of hydrogen-bond acceptors (Lipinski definition) is 6. The minimum atomic E-state index is -0.838. The van der Waals surface area contributed by atoms with E-state index in [0.717, 1.165) is 31.2 Å². The van der Waals surface area contributed by atoms with Gasteiger partial charge in [-0.05, 0) is 39.2 Å². The van der Waals surface area contributed by atoms with Crippen LogP contribution < -0.4 is 0 Å². The van der Waals surface area contributed by atoms with E-state index in [9.17, 15) is 4.79 Å². The molecule has 1 aliphatic carbocycles. The highest BCUT2D eigenvalue weighted by Gasteiger charge is 2.47. The molecule has 2 aromatic rings. The van der Waals surface area contributed by atoms with Crippen LogP contribution in [0.25, 0.3) is 0 Å². The van der Waals surface area contributed by atoms with Gasteiger partial charge in [-0.2, -0.15) is 0 Å². The van der Waals surface area contributed by atoms with Gasteiger partial charge in [-0.1, -0.05) is 47.9 Å². The van der Waals surface area contributed by atoms with E-state index in [1.54, 1.807) is 4.68 Å². The maximum Gasteiger partial charge on any atom is 0.359 e. The van der Waals surface area contributed by atoms with E-state index < -0.39 is 17.9 Å². The van der Waals surface area contributed by atoms with E-state index in [0.29, 0.717) is 13.2 Å². The highest BCUT2D eigenvalue weighted by molar-refractivity contribution is 5.87. The van der Waals surface area contributed by atoms with Gasteiger partial charge in [0, 0.05) is 19.6 Å². The second-order valence-electron chi connectivity index (χ2n) is 7.67. The monoisotopic (exact) mass is 425 g/mol. The molecule has 0 spiro atoms. The second-order valence-corrected chi connectivity index (χ2v) is 7.67. The number of benzene rings is 1. The predicted octanol–water partition coefficient (Wildman–Crippen LogP) is 4.01. The van der Waals surface area contributed by atoms with Crippen molar-refractivity contribution >= 4 is 5.97 Å².